The van der Waals surface area contributed by atoms with E-state index < -0.39 is 0 Å². The third-order valence-electron chi connectivity index (χ3n) is 6.92. The largest absolute Gasteiger partial charge is 0.338 e. The van der Waals surface area contributed by atoms with Crippen molar-refractivity contribution in [2.75, 3.05) is 26.2 Å². The lowest BCUT2D eigenvalue weighted by molar-refractivity contribution is -0.133. The number of hydrogen-bond donors (Lipinski definition) is 0. The number of carbonyl (C=O) groups is 3. The second-order valence-corrected chi connectivity index (χ2v) is 9.61. The predicted octanol–water partition coefficient (Wildman–Crippen LogP) is 2.42. The molecule has 0 aliphatic carbocycles. The highest BCUT2D eigenvalue weighted by Gasteiger charge is 2.25. The lowest BCUT2D eigenvalue weighted by Gasteiger charge is -2.34. The van der Waals surface area contributed by atoms with Crippen LogP contribution in [-0.2, 0) is 17.8 Å². The van der Waals surface area contributed by atoms with Gasteiger partial charge in [0.1, 0.15) is 30.7 Å². The van der Waals surface area contributed by atoms with E-state index in [0.717, 1.165) is 16.5 Å². The molecule has 0 bridgehead atoms. The van der Waals surface area contributed by atoms with E-state index in [1.807, 2.05) is 42.6 Å². The number of aromatic nitrogens is 6. The van der Waals surface area contributed by atoms with Crippen LogP contribution in [0.15, 0.2) is 85.6 Å². The zero-order valence-electron chi connectivity index (χ0n) is 21.6. The number of amides is 2. The van der Waals surface area contributed by atoms with E-state index in [9.17, 15) is 14.4 Å². The fourth-order valence-corrected chi connectivity index (χ4v) is 4.80. The molecule has 0 saturated carbocycles. The maximum atomic E-state index is 13.0. The second kappa shape index (κ2) is 10.9. The lowest BCUT2D eigenvalue weighted by Crippen LogP contribution is -2.51. The number of carbonyl (C=O) groups excluding carboxylic acids is 3. The van der Waals surface area contributed by atoms with Crippen molar-refractivity contribution in [1.29, 1.82) is 0 Å². The van der Waals surface area contributed by atoms with Crippen LogP contribution in [0.25, 0.3) is 16.7 Å². The smallest absolute Gasteiger partial charge is 0.253 e. The highest BCUT2D eigenvalue weighted by molar-refractivity contribution is 5.96. The maximum Gasteiger partial charge on any atom is 0.253 e. The first-order chi connectivity index (χ1) is 19.5. The highest BCUT2D eigenvalue weighted by Crippen LogP contribution is 2.17. The molecule has 1 aliphatic rings. The summed E-state index contributed by atoms with van der Waals surface area (Å²) in [5, 5.41) is 12.9. The summed E-state index contributed by atoms with van der Waals surface area (Å²) < 4.78 is 3.27. The molecule has 0 radical (unpaired) electrons. The van der Waals surface area contributed by atoms with Crippen molar-refractivity contribution in [2.24, 2.45) is 0 Å². The molecule has 0 atom stereocenters. The molecule has 1 aliphatic heterocycles. The monoisotopic (exact) mass is 534 g/mol. The van der Waals surface area contributed by atoms with Crippen molar-refractivity contribution in [2.45, 2.75) is 13.0 Å². The van der Waals surface area contributed by atoms with Crippen molar-refractivity contribution in [3.05, 3.63) is 102 Å². The molecule has 0 N–H and O–H groups in total. The van der Waals surface area contributed by atoms with E-state index in [-0.39, 0.29) is 30.6 Å². The van der Waals surface area contributed by atoms with Gasteiger partial charge in [0.05, 0.1) is 5.52 Å². The average molecular weight is 535 g/mol. The summed E-state index contributed by atoms with van der Waals surface area (Å²) in [5.41, 5.74) is 2.59. The number of Topliss-reactive ketones (excluding diaryl/α,β-unsaturated/α-hetero) is 1. The zero-order chi connectivity index (χ0) is 27.5. The molecule has 2 aromatic carbocycles. The summed E-state index contributed by atoms with van der Waals surface area (Å²) in [4.78, 5) is 46.6. The molecule has 4 heterocycles. The van der Waals surface area contributed by atoms with Crippen molar-refractivity contribution in [3.8, 4) is 5.82 Å². The Bertz CT molecular complexity index is 1670. The van der Waals surface area contributed by atoms with Crippen LogP contribution in [0, 0.1) is 0 Å². The van der Waals surface area contributed by atoms with Gasteiger partial charge in [-0.1, -0.05) is 30.3 Å². The first kappa shape index (κ1) is 25.1. The normalized spacial score (nSPS) is 13.5. The van der Waals surface area contributed by atoms with Crippen molar-refractivity contribution < 1.29 is 14.4 Å². The molecule has 11 nitrogen and oxygen atoms in total. The highest BCUT2D eigenvalue weighted by atomic mass is 16.2. The van der Waals surface area contributed by atoms with Crippen LogP contribution < -0.4 is 0 Å². The van der Waals surface area contributed by atoms with E-state index in [1.54, 1.807) is 49.4 Å². The van der Waals surface area contributed by atoms with E-state index >= 15 is 0 Å². The van der Waals surface area contributed by atoms with Crippen LogP contribution in [0.5, 0.6) is 0 Å². The zero-order valence-corrected chi connectivity index (χ0v) is 21.6. The van der Waals surface area contributed by atoms with Gasteiger partial charge in [0.15, 0.2) is 5.78 Å². The number of fused-ring (bicyclic) bond motifs is 1. The molecule has 5 aromatic rings. The second-order valence-electron chi connectivity index (χ2n) is 9.61. The van der Waals surface area contributed by atoms with Gasteiger partial charge in [0, 0.05) is 49.7 Å². The number of piperazine rings is 1. The van der Waals surface area contributed by atoms with Gasteiger partial charge in [0.25, 0.3) is 5.91 Å². The molecule has 3 aromatic heterocycles. The van der Waals surface area contributed by atoms with Gasteiger partial charge >= 0.3 is 0 Å². The Morgan fingerprint density at radius 1 is 0.800 bits per heavy atom. The van der Waals surface area contributed by atoms with Gasteiger partial charge in [-0.25, -0.2) is 4.98 Å². The van der Waals surface area contributed by atoms with Crippen LogP contribution in [0.4, 0.5) is 0 Å². The number of rotatable bonds is 7. The Labute approximate surface area is 229 Å². The van der Waals surface area contributed by atoms with Crippen LogP contribution in [0.3, 0.4) is 0 Å². The molecule has 200 valence electrons. The number of pyridine rings is 1. The molecule has 0 spiro atoms. The number of nitrogens with zero attached hydrogens (tertiary/aromatic N) is 8. The van der Waals surface area contributed by atoms with Gasteiger partial charge in [-0.05, 0) is 42.0 Å². The average Bonchev–Trinajstić information content (AvgIpc) is 3.67. The Kier molecular flexibility index (Phi) is 6.84. The van der Waals surface area contributed by atoms with Gasteiger partial charge < -0.3 is 9.80 Å². The van der Waals surface area contributed by atoms with E-state index in [2.05, 4.69) is 20.3 Å². The fraction of sp³-hybridized carbons (Fsp3) is 0.207. The van der Waals surface area contributed by atoms with Gasteiger partial charge in [0.2, 0.25) is 5.91 Å². The standard InChI is InChI=1S/C29H26N8O3/c38-26(25-7-4-8-27(32-25)36-19-30-31-20-36)16-21-9-10-24-23(15-21)17-37(33-24)18-28(39)34-11-13-35(14-12-34)29(40)22-5-2-1-3-6-22/h1-10,15,17,19-20H,11-14,16,18H2. The SMILES string of the molecule is O=C(Cc1ccc2nn(CC(=O)N3CCN(C(=O)c4ccccc4)CC3)cc2c1)c1cccc(-n2cnnc2)n1. The minimum absolute atomic E-state index is 0.0145. The molecular formula is C29H26N8O3. The first-order valence-electron chi connectivity index (χ1n) is 13.0. The van der Waals surface area contributed by atoms with Gasteiger partial charge in [-0.15, -0.1) is 10.2 Å². The quantitative estimate of drug-likeness (QED) is 0.294. The van der Waals surface area contributed by atoms with Crippen LogP contribution in [0.1, 0.15) is 26.4 Å². The lowest BCUT2D eigenvalue weighted by atomic mass is 10.1. The van der Waals surface area contributed by atoms with Crippen LogP contribution in [-0.4, -0.2) is 83.1 Å². The Balaban J connectivity index is 1.07. The molecule has 0 unspecified atom stereocenters. The molecule has 11 heteroatoms. The van der Waals surface area contributed by atoms with Crippen molar-refractivity contribution >= 4 is 28.5 Å². The Morgan fingerprint density at radius 2 is 1.55 bits per heavy atom. The summed E-state index contributed by atoms with van der Waals surface area (Å²) in [7, 11) is 0. The number of benzene rings is 2. The molecular weight excluding hydrogens is 508 g/mol. The Hall–Kier alpha value is -5.19. The van der Waals surface area contributed by atoms with Crippen LogP contribution in [0.2, 0.25) is 0 Å². The van der Waals surface area contributed by atoms with E-state index in [0.29, 0.717) is 43.3 Å². The summed E-state index contributed by atoms with van der Waals surface area (Å²) in [5.74, 6) is 0.400. The minimum Gasteiger partial charge on any atom is -0.338 e. The molecule has 6 rings (SSSR count). The summed E-state index contributed by atoms with van der Waals surface area (Å²) in [6.07, 6.45) is 5.06. The molecule has 40 heavy (non-hydrogen) atoms. The van der Waals surface area contributed by atoms with Crippen molar-refractivity contribution in [3.63, 3.8) is 0 Å². The maximum absolute atomic E-state index is 13.0. The number of ketones is 1. The third-order valence-corrected chi connectivity index (χ3v) is 6.92. The van der Waals surface area contributed by atoms with Crippen molar-refractivity contribution in [1.82, 2.24) is 39.3 Å². The fourth-order valence-electron chi connectivity index (χ4n) is 4.80. The summed E-state index contributed by atoms with van der Waals surface area (Å²) in [6, 6.07) is 20.1. The van der Waals surface area contributed by atoms with E-state index in [4.69, 9.17) is 0 Å². The predicted molar refractivity (Wildman–Crippen MR) is 146 cm³/mol. The van der Waals surface area contributed by atoms with Gasteiger partial charge in [-0.3, -0.25) is 23.6 Å². The topological polar surface area (TPSA) is 119 Å². The van der Waals surface area contributed by atoms with Gasteiger partial charge in [-0.2, -0.15) is 5.10 Å². The Morgan fingerprint density at radius 3 is 2.33 bits per heavy atom. The molecule has 1 fully saturated rings. The minimum atomic E-state index is -0.110. The van der Waals surface area contributed by atoms with Crippen LogP contribution >= 0.6 is 0 Å². The summed E-state index contributed by atoms with van der Waals surface area (Å²) in [6.45, 7) is 2.06. The first-order valence-corrected chi connectivity index (χ1v) is 13.0. The number of hydrogen-bond acceptors (Lipinski definition) is 7. The summed E-state index contributed by atoms with van der Waals surface area (Å²) >= 11 is 0. The van der Waals surface area contributed by atoms with E-state index in [1.165, 1.54) is 12.7 Å². The third kappa shape index (κ3) is 5.35. The molecule has 2 amide bonds. The molecule has 1 saturated heterocycles.